The molecule has 1 atom stereocenters. The van der Waals surface area contributed by atoms with Crippen LogP contribution in [0.4, 0.5) is 0 Å². The van der Waals surface area contributed by atoms with Crippen LogP contribution >= 0.6 is 0 Å². The molecule has 1 saturated carbocycles. The lowest BCUT2D eigenvalue weighted by atomic mass is 9.92. The predicted octanol–water partition coefficient (Wildman–Crippen LogP) is 2.38. The van der Waals surface area contributed by atoms with E-state index in [1.54, 1.807) is 12.1 Å². The van der Waals surface area contributed by atoms with Gasteiger partial charge in [-0.2, -0.15) is 0 Å². The highest BCUT2D eigenvalue weighted by Gasteiger charge is 2.33. The molecule has 0 amide bonds. The number of carbonyl (C=O) groups is 1. The number of carboxylic acid groups (broad SMARTS) is 1. The van der Waals surface area contributed by atoms with Gasteiger partial charge >= 0.3 is 5.97 Å². The summed E-state index contributed by atoms with van der Waals surface area (Å²) in [5.74, 6) is -1.25. The minimum absolute atomic E-state index is 0.0207. The average Bonchev–Trinajstić information content (AvgIpc) is 2.67. The average molecular weight is 311 g/mol. The molecule has 116 valence electrons. The van der Waals surface area contributed by atoms with Crippen LogP contribution in [0.1, 0.15) is 49.0 Å². The van der Waals surface area contributed by atoms with E-state index >= 15 is 0 Å². The van der Waals surface area contributed by atoms with E-state index in [9.17, 15) is 13.2 Å². The largest absolute Gasteiger partial charge is 0.478 e. The Morgan fingerprint density at radius 3 is 2.71 bits per heavy atom. The fourth-order valence-electron chi connectivity index (χ4n) is 2.85. The van der Waals surface area contributed by atoms with Gasteiger partial charge in [-0.15, -0.1) is 0 Å². The normalized spacial score (nSPS) is 21.3. The van der Waals surface area contributed by atoms with E-state index in [-0.39, 0.29) is 22.8 Å². The Kier molecular flexibility index (Phi) is 4.39. The van der Waals surface area contributed by atoms with Crippen molar-refractivity contribution in [1.82, 2.24) is 4.72 Å². The molecule has 0 aliphatic heterocycles. The van der Waals surface area contributed by atoms with Crippen LogP contribution in [0.5, 0.6) is 0 Å². The third-order valence-corrected chi connectivity index (χ3v) is 5.25. The number of hydrogen-bond acceptors (Lipinski definition) is 3. The molecule has 0 bridgehead atoms. The summed E-state index contributed by atoms with van der Waals surface area (Å²) in [6.45, 7) is 4.27. The maximum absolute atomic E-state index is 12.2. The molecule has 1 aromatic rings. The summed E-state index contributed by atoms with van der Waals surface area (Å²) in [6, 6.07) is 6.02. The van der Waals surface area contributed by atoms with Gasteiger partial charge in [-0.25, -0.2) is 17.9 Å². The Morgan fingerprint density at radius 2 is 2.14 bits per heavy atom. The van der Waals surface area contributed by atoms with E-state index in [0.717, 1.165) is 19.3 Å². The van der Waals surface area contributed by atoms with Gasteiger partial charge < -0.3 is 5.11 Å². The Bertz CT molecular complexity index is 637. The molecule has 0 radical (unpaired) electrons. The summed E-state index contributed by atoms with van der Waals surface area (Å²) in [4.78, 5) is 10.9. The first kappa shape index (κ1) is 16.0. The minimum atomic E-state index is -3.45. The first-order valence-electron chi connectivity index (χ1n) is 6.99. The smallest absolute Gasteiger partial charge is 0.335 e. The zero-order valence-electron chi connectivity index (χ0n) is 12.3. The van der Waals surface area contributed by atoms with Crippen LogP contribution < -0.4 is 4.72 Å². The Hall–Kier alpha value is -1.40. The quantitative estimate of drug-likeness (QED) is 0.874. The molecule has 1 unspecified atom stereocenters. The lowest BCUT2D eigenvalue weighted by molar-refractivity contribution is 0.0696. The molecular formula is C15H21NO4S. The maximum atomic E-state index is 12.2. The summed E-state index contributed by atoms with van der Waals surface area (Å²) in [7, 11) is -3.45. The van der Waals surface area contributed by atoms with Crippen molar-refractivity contribution in [3.63, 3.8) is 0 Å². The number of nitrogens with one attached hydrogen (secondary N) is 1. The first-order chi connectivity index (χ1) is 9.67. The second kappa shape index (κ2) is 5.77. The molecule has 0 heterocycles. The SMILES string of the molecule is CC1(C)CCC(NS(=O)(=O)Cc2cccc(C(=O)O)c2)C1. The summed E-state index contributed by atoms with van der Waals surface area (Å²) >= 11 is 0. The lowest BCUT2D eigenvalue weighted by Crippen LogP contribution is -2.34. The van der Waals surface area contributed by atoms with Crippen molar-refractivity contribution in [2.45, 2.75) is 44.9 Å². The van der Waals surface area contributed by atoms with Crippen molar-refractivity contribution >= 4 is 16.0 Å². The topological polar surface area (TPSA) is 83.5 Å². The maximum Gasteiger partial charge on any atom is 0.335 e. The van der Waals surface area contributed by atoms with Crippen LogP contribution in [-0.2, 0) is 15.8 Å². The van der Waals surface area contributed by atoms with Crippen LogP contribution in [0.3, 0.4) is 0 Å². The molecule has 1 aromatic carbocycles. The molecule has 2 N–H and O–H groups in total. The summed E-state index contributed by atoms with van der Waals surface area (Å²) in [6.07, 6.45) is 2.69. The van der Waals surface area contributed by atoms with E-state index in [1.165, 1.54) is 12.1 Å². The summed E-state index contributed by atoms with van der Waals surface area (Å²) in [5.41, 5.74) is 0.764. The van der Waals surface area contributed by atoms with Gasteiger partial charge in [0.15, 0.2) is 0 Å². The van der Waals surface area contributed by atoms with Crippen molar-refractivity contribution in [3.05, 3.63) is 35.4 Å². The second-order valence-electron chi connectivity index (χ2n) is 6.49. The number of sulfonamides is 1. The van der Waals surface area contributed by atoms with Crippen LogP contribution in [-0.4, -0.2) is 25.5 Å². The van der Waals surface area contributed by atoms with Gasteiger partial charge in [0.25, 0.3) is 0 Å². The molecule has 0 aromatic heterocycles. The van der Waals surface area contributed by atoms with E-state index in [2.05, 4.69) is 18.6 Å². The molecule has 0 saturated heterocycles. The molecule has 0 spiro atoms. The van der Waals surface area contributed by atoms with E-state index in [0.29, 0.717) is 5.56 Å². The number of benzene rings is 1. The first-order valence-corrected chi connectivity index (χ1v) is 8.64. The molecule has 2 rings (SSSR count). The van der Waals surface area contributed by atoms with Gasteiger partial charge in [0.05, 0.1) is 11.3 Å². The fourth-order valence-corrected chi connectivity index (χ4v) is 4.26. The molecule has 5 nitrogen and oxygen atoms in total. The van der Waals surface area contributed by atoms with Crippen LogP contribution in [0.15, 0.2) is 24.3 Å². The van der Waals surface area contributed by atoms with Gasteiger partial charge in [-0.1, -0.05) is 26.0 Å². The van der Waals surface area contributed by atoms with Crippen molar-refractivity contribution in [2.24, 2.45) is 5.41 Å². The third-order valence-electron chi connectivity index (χ3n) is 3.85. The van der Waals surface area contributed by atoms with Gasteiger partial charge in [0.1, 0.15) is 0 Å². The third kappa shape index (κ3) is 4.54. The van der Waals surface area contributed by atoms with E-state index in [4.69, 9.17) is 5.11 Å². The van der Waals surface area contributed by atoms with Crippen LogP contribution in [0.25, 0.3) is 0 Å². The van der Waals surface area contributed by atoms with E-state index < -0.39 is 16.0 Å². The van der Waals surface area contributed by atoms with Crippen molar-refractivity contribution in [1.29, 1.82) is 0 Å². The number of hydrogen-bond donors (Lipinski definition) is 2. The minimum Gasteiger partial charge on any atom is -0.478 e. The second-order valence-corrected chi connectivity index (χ2v) is 8.24. The van der Waals surface area contributed by atoms with Gasteiger partial charge in [-0.3, -0.25) is 0 Å². The monoisotopic (exact) mass is 311 g/mol. The Morgan fingerprint density at radius 1 is 1.43 bits per heavy atom. The van der Waals surface area contributed by atoms with Crippen LogP contribution in [0.2, 0.25) is 0 Å². The summed E-state index contributed by atoms with van der Waals surface area (Å²) < 4.78 is 27.1. The number of rotatable bonds is 5. The number of carboxylic acids is 1. The van der Waals surface area contributed by atoms with Crippen molar-refractivity contribution < 1.29 is 18.3 Å². The Balaban J connectivity index is 2.04. The van der Waals surface area contributed by atoms with Crippen LogP contribution in [0, 0.1) is 5.41 Å². The highest BCUT2D eigenvalue weighted by Crippen LogP contribution is 2.37. The van der Waals surface area contributed by atoms with Crippen molar-refractivity contribution in [2.75, 3.05) is 0 Å². The zero-order valence-corrected chi connectivity index (χ0v) is 13.1. The summed E-state index contributed by atoms with van der Waals surface area (Å²) in [5, 5.41) is 8.93. The zero-order chi connectivity index (χ0) is 15.7. The van der Waals surface area contributed by atoms with Gasteiger partial charge in [0, 0.05) is 6.04 Å². The number of aromatic carboxylic acids is 1. The molecular weight excluding hydrogens is 290 g/mol. The van der Waals surface area contributed by atoms with Gasteiger partial charge in [-0.05, 0) is 42.4 Å². The van der Waals surface area contributed by atoms with E-state index in [1.807, 2.05) is 0 Å². The van der Waals surface area contributed by atoms with Crippen molar-refractivity contribution in [3.8, 4) is 0 Å². The highest BCUT2D eigenvalue weighted by molar-refractivity contribution is 7.88. The highest BCUT2D eigenvalue weighted by atomic mass is 32.2. The predicted molar refractivity (Wildman–Crippen MR) is 80.6 cm³/mol. The fraction of sp³-hybridized carbons (Fsp3) is 0.533. The molecule has 1 aliphatic rings. The Labute approximate surface area is 125 Å². The lowest BCUT2D eigenvalue weighted by Gasteiger charge is -2.18. The molecule has 6 heteroatoms. The standard InChI is InChI=1S/C15H21NO4S/c1-15(2)7-6-13(9-15)16-21(19,20)10-11-4-3-5-12(8-11)14(17)18/h3-5,8,13,16H,6-7,9-10H2,1-2H3,(H,17,18). The molecule has 1 aliphatic carbocycles. The van der Waals surface area contributed by atoms with Gasteiger partial charge in [0.2, 0.25) is 10.0 Å². The molecule has 1 fully saturated rings. The molecule has 21 heavy (non-hydrogen) atoms.